The number of carbonyl (C=O) groups is 3. The summed E-state index contributed by atoms with van der Waals surface area (Å²) in [5, 5.41) is 4.84. The van der Waals surface area contributed by atoms with Gasteiger partial charge in [-0.15, -0.1) is 0 Å². The largest absolute Gasteiger partial charge is 0.356 e. The van der Waals surface area contributed by atoms with Crippen LogP contribution in [0, 0.1) is 0 Å². The Morgan fingerprint density at radius 2 is 1.85 bits per heavy atom. The molecule has 0 saturated heterocycles. The minimum atomic E-state index is -0.343. The van der Waals surface area contributed by atoms with Crippen LogP contribution in [0.2, 0.25) is 5.02 Å². The van der Waals surface area contributed by atoms with Crippen LogP contribution in [0.5, 0.6) is 0 Å². The molecule has 7 nitrogen and oxygen atoms in total. The number of hydrogen-bond acceptors (Lipinski definition) is 5. The van der Waals surface area contributed by atoms with E-state index in [-0.39, 0.29) is 29.3 Å². The molecule has 0 radical (unpaired) electrons. The number of amides is 3. The number of imide groups is 1. The molecule has 0 N–H and O–H groups in total. The Hall–Kier alpha value is -3.45. The van der Waals surface area contributed by atoms with Gasteiger partial charge >= 0.3 is 0 Å². The molecule has 2 aliphatic heterocycles. The van der Waals surface area contributed by atoms with E-state index >= 15 is 0 Å². The van der Waals surface area contributed by atoms with E-state index in [2.05, 4.69) is 5.16 Å². The van der Waals surface area contributed by atoms with Gasteiger partial charge in [0.25, 0.3) is 17.7 Å². The molecule has 2 aromatic carbocycles. The Morgan fingerprint density at radius 1 is 1.12 bits per heavy atom. The van der Waals surface area contributed by atoms with E-state index in [0.29, 0.717) is 47.8 Å². The highest BCUT2D eigenvalue weighted by atomic mass is 35.5. The summed E-state index contributed by atoms with van der Waals surface area (Å²) in [5.74, 6) is -0.158. The fourth-order valence-electron chi connectivity index (χ4n) is 4.39. The van der Waals surface area contributed by atoms with Gasteiger partial charge in [0.05, 0.1) is 17.7 Å². The number of carbonyl (C=O) groups excluding carboxylic acids is 3. The fraction of sp³-hybridized carbons (Fsp3) is 0.280. The SMILES string of the molecule is CCC(C)N1C(=O)c2ccc(C(=O)N3CCc4c(noc4-c4ccc(Cl)cc4)C3)cc2C1=O. The lowest BCUT2D eigenvalue weighted by molar-refractivity contribution is 0.0593. The molecule has 168 valence electrons. The van der Waals surface area contributed by atoms with Gasteiger partial charge in [0.2, 0.25) is 0 Å². The minimum Gasteiger partial charge on any atom is -0.356 e. The quantitative estimate of drug-likeness (QED) is 0.528. The molecule has 3 aromatic rings. The van der Waals surface area contributed by atoms with Crippen LogP contribution in [0.1, 0.15) is 62.6 Å². The molecule has 0 aliphatic carbocycles. The van der Waals surface area contributed by atoms with Gasteiger partial charge in [0, 0.05) is 34.3 Å². The normalized spacial score (nSPS) is 16.1. The second-order valence-corrected chi connectivity index (χ2v) is 8.85. The number of aromatic nitrogens is 1. The average molecular weight is 464 g/mol. The molecule has 33 heavy (non-hydrogen) atoms. The zero-order chi connectivity index (χ0) is 23.3. The van der Waals surface area contributed by atoms with E-state index in [9.17, 15) is 14.4 Å². The third kappa shape index (κ3) is 3.53. The van der Waals surface area contributed by atoms with Gasteiger partial charge in [-0.3, -0.25) is 19.3 Å². The lowest BCUT2D eigenvalue weighted by atomic mass is 9.99. The predicted molar refractivity (Wildman–Crippen MR) is 122 cm³/mol. The molecule has 0 saturated carbocycles. The van der Waals surface area contributed by atoms with Crippen LogP contribution in [-0.2, 0) is 13.0 Å². The molecule has 0 fully saturated rings. The molecule has 1 aromatic heterocycles. The summed E-state index contributed by atoms with van der Waals surface area (Å²) in [4.78, 5) is 41.7. The van der Waals surface area contributed by atoms with Crippen LogP contribution in [0.4, 0.5) is 0 Å². The lowest BCUT2D eigenvalue weighted by Crippen LogP contribution is -2.37. The van der Waals surface area contributed by atoms with Gasteiger partial charge in [-0.25, -0.2) is 0 Å². The zero-order valence-electron chi connectivity index (χ0n) is 18.3. The van der Waals surface area contributed by atoms with Crippen molar-refractivity contribution >= 4 is 29.3 Å². The van der Waals surface area contributed by atoms with Crippen molar-refractivity contribution in [2.24, 2.45) is 0 Å². The highest BCUT2D eigenvalue weighted by Gasteiger charge is 2.38. The van der Waals surface area contributed by atoms with E-state index < -0.39 is 0 Å². The third-order valence-corrected chi connectivity index (χ3v) is 6.68. The topological polar surface area (TPSA) is 83.7 Å². The number of benzene rings is 2. The fourth-order valence-corrected chi connectivity index (χ4v) is 4.52. The molecule has 1 unspecified atom stereocenters. The molecule has 8 heteroatoms. The number of nitrogens with zero attached hydrogens (tertiary/aromatic N) is 3. The van der Waals surface area contributed by atoms with E-state index in [1.165, 1.54) is 11.0 Å². The first kappa shape index (κ1) is 21.4. The maximum Gasteiger partial charge on any atom is 0.261 e. The Morgan fingerprint density at radius 3 is 2.58 bits per heavy atom. The van der Waals surface area contributed by atoms with Crippen molar-refractivity contribution in [1.29, 1.82) is 0 Å². The van der Waals surface area contributed by atoms with Gasteiger partial charge in [-0.2, -0.15) is 0 Å². The van der Waals surface area contributed by atoms with Crippen molar-refractivity contribution in [2.45, 2.75) is 39.3 Å². The maximum absolute atomic E-state index is 13.2. The maximum atomic E-state index is 13.2. The first-order valence-electron chi connectivity index (χ1n) is 10.9. The highest BCUT2D eigenvalue weighted by molar-refractivity contribution is 6.30. The first-order valence-corrected chi connectivity index (χ1v) is 11.3. The van der Waals surface area contributed by atoms with Crippen molar-refractivity contribution in [3.63, 3.8) is 0 Å². The Bertz CT molecular complexity index is 1280. The monoisotopic (exact) mass is 463 g/mol. The summed E-state index contributed by atoms with van der Waals surface area (Å²) in [6.07, 6.45) is 1.27. The van der Waals surface area contributed by atoms with Crippen molar-refractivity contribution in [3.8, 4) is 11.3 Å². The molecule has 0 spiro atoms. The molecule has 3 heterocycles. The van der Waals surface area contributed by atoms with Crippen LogP contribution in [-0.4, -0.2) is 45.3 Å². The van der Waals surface area contributed by atoms with Gasteiger partial charge in [0.1, 0.15) is 5.69 Å². The van der Waals surface area contributed by atoms with E-state index in [4.69, 9.17) is 16.1 Å². The van der Waals surface area contributed by atoms with Crippen LogP contribution < -0.4 is 0 Å². The van der Waals surface area contributed by atoms with Gasteiger partial charge in [-0.1, -0.05) is 23.7 Å². The molecule has 5 rings (SSSR count). The van der Waals surface area contributed by atoms with Gasteiger partial charge in [-0.05, 0) is 62.2 Å². The smallest absolute Gasteiger partial charge is 0.261 e. The van der Waals surface area contributed by atoms with Gasteiger partial charge < -0.3 is 9.42 Å². The van der Waals surface area contributed by atoms with Crippen molar-refractivity contribution in [1.82, 2.24) is 15.0 Å². The summed E-state index contributed by atoms with van der Waals surface area (Å²) in [6, 6.07) is 11.9. The van der Waals surface area contributed by atoms with Crippen LogP contribution in [0.15, 0.2) is 47.0 Å². The molecular formula is C25H22ClN3O4. The summed E-state index contributed by atoms with van der Waals surface area (Å²) in [7, 11) is 0. The molecular weight excluding hydrogens is 442 g/mol. The van der Waals surface area contributed by atoms with Gasteiger partial charge in [0.15, 0.2) is 5.76 Å². The second-order valence-electron chi connectivity index (χ2n) is 8.42. The summed E-state index contributed by atoms with van der Waals surface area (Å²) >= 11 is 5.98. The Labute approximate surface area is 195 Å². The third-order valence-electron chi connectivity index (χ3n) is 6.43. The lowest BCUT2D eigenvalue weighted by Gasteiger charge is -2.26. The average Bonchev–Trinajstić information content (AvgIpc) is 3.36. The molecule has 3 amide bonds. The van der Waals surface area contributed by atoms with Crippen molar-refractivity contribution < 1.29 is 18.9 Å². The second kappa shape index (κ2) is 8.15. The van der Waals surface area contributed by atoms with Crippen LogP contribution >= 0.6 is 11.6 Å². The van der Waals surface area contributed by atoms with Crippen molar-refractivity contribution in [3.05, 3.63) is 75.4 Å². The molecule has 2 aliphatic rings. The predicted octanol–water partition coefficient (Wildman–Crippen LogP) is 4.59. The van der Waals surface area contributed by atoms with Crippen molar-refractivity contribution in [2.75, 3.05) is 6.54 Å². The van der Waals surface area contributed by atoms with E-state index in [1.54, 1.807) is 29.2 Å². The molecule has 0 bridgehead atoms. The Kier molecular flexibility index (Phi) is 5.29. The number of rotatable bonds is 4. The number of hydrogen-bond donors (Lipinski definition) is 0. The Balaban J connectivity index is 1.38. The summed E-state index contributed by atoms with van der Waals surface area (Å²) in [5.41, 5.74) is 3.61. The first-order chi connectivity index (χ1) is 15.9. The minimum absolute atomic E-state index is 0.195. The summed E-state index contributed by atoms with van der Waals surface area (Å²) < 4.78 is 5.59. The zero-order valence-corrected chi connectivity index (χ0v) is 19.1. The van der Waals surface area contributed by atoms with E-state index in [0.717, 1.165) is 16.8 Å². The highest BCUT2D eigenvalue weighted by Crippen LogP contribution is 2.32. The number of halogens is 1. The number of fused-ring (bicyclic) bond motifs is 2. The summed E-state index contributed by atoms with van der Waals surface area (Å²) in [6.45, 7) is 4.58. The van der Waals surface area contributed by atoms with E-state index in [1.807, 2.05) is 26.0 Å². The molecule has 1 atom stereocenters. The van der Waals surface area contributed by atoms with Crippen LogP contribution in [0.25, 0.3) is 11.3 Å². The van der Waals surface area contributed by atoms with Crippen LogP contribution in [0.3, 0.4) is 0 Å². The standard InChI is InChI=1S/C25H22ClN3O4/c1-3-14(2)29-24(31)18-9-6-16(12-20(18)25(29)32)23(30)28-11-10-19-21(13-28)27-33-22(19)15-4-7-17(26)8-5-15/h4-9,12,14H,3,10-11,13H2,1-2H3.